The predicted molar refractivity (Wildman–Crippen MR) is 302 cm³/mol. The number of benzene rings is 12. The van der Waals surface area contributed by atoms with Crippen LogP contribution in [0.4, 0.5) is 0 Å². The molecular formula is C67H39N5O. The van der Waals surface area contributed by atoms with E-state index in [0.29, 0.717) is 17.5 Å². The van der Waals surface area contributed by atoms with E-state index in [-0.39, 0.29) is 0 Å². The first-order valence-corrected chi connectivity index (χ1v) is 24.8. The lowest BCUT2D eigenvalue weighted by molar-refractivity contribution is 0.669. The Hall–Kier alpha value is -9.91. The van der Waals surface area contributed by atoms with Crippen molar-refractivity contribution in [2.45, 2.75) is 0 Å². The molecule has 0 spiro atoms. The second-order valence-corrected chi connectivity index (χ2v) is 19.1. The quantitative estimate of drug-likeness (QED) is 0.173. The first kappa shape index (κ1) is 39.9. The second kappa shape index (κ2) is 15.3. The van der Waals surface area contributed by atoms with Gasteiger partial charge in [0.05, 0.1) is 22.1 Å². The van der Waals surface area contributed by atoms with Crippen LogP contribution in [0, 0.1) is 0 Å². The van der Waals surface area contributed by atoms with Crippen LogP contribution in [0.1, 0.15) is 0 Å². The number of rotatable bonds is 5. The molecule has 0 bridgehead atoms. The van der Waals surface area contributed by atoms with E-state index in [4.69, 9.17) is 19.4 Å². The van der Waals surface area contributed by atoms with Gasteiger partial charge in [-0.05, 0) is 116 Å². The number of furan rings is 1. The SMILES string of the molecule is c1ccc(-n2c3ccccc3c3cccc(-c4nc(-c5ccc6c(c5)oc5ccc7ccc(-n8c9cc%10ccccc%10cc9c9c%10ccccc%10ccc98)cc7c56)nc(-c5cccc6ccccc56)n4)c32)cc1. The van der Waals surface area contributed by atoms with E-state index in [1.54, 1.807) is 0 Å². The first-order valence-electron chi connectivity index (χ1n) is 24.8. The maximum Gasteiger partial charge on any atom is 0.166 e. The fourth-order valence-electron chi connectivity index (χ4n) is 11.8. The van der Waals surface area contributed by atoms with Gasteiger partial charge in [-0.25, -0.2) is 15.0 Å². The molecule has 0 saturated heterocycles. The number of nitrogens with zero attached hydrogens (tertiary/aromatic N) is 5. The van der Waals surface area contributed by atoms with Crippen LogP contribution < -0.4 is 0 Å². The molecule has 12 aromatic carbocycles. The van der Waals surface area contributed by atoms with Gasteiger partial charge in [0.25, 0.3) is 0 Å². The highest BCUT2D eigenvalue weighted by molar-refractivity contribution is 6.24. The second-order valence-electron chi connectivity index (χ2n) is 19.1. The zero-order valence-corrected chi connectivity index (χ0v) is 39.2. The fraction of sp³-hybridized carbons (Fsp3) is 0. The van der Waals surface area contributed by atoms with Crippen molar-refractivity contribution in [3.63, 3.8) is 0 Å². The molecule has 0 aliphatic heterocycles. The topological polar surface area (TPSA) is 61.7 Å². The van der Waals surface area contributed by atoms with E-state index >= 15 is 0 Å². The van der Waals surface area contributed by atoms with Crippen molar-refractivity contribution in [1.29, 1.82) is 0 Å². The van der Waals surface area contributed by atoms with E-state index in [9.17, 15) is 0 Å². The van der Waals surface area contributed by atoms with Crippen LogP contribution >= 0.6 is 0 Å². The molecule has 0 amide bonds. The molecule has 73 heavy (non-hydrogen) atoms. The molecule has 0 fully saturated rings. The minimum absolute atomic E-state index is 0.563. The maximum absolute atomic E-state index is 6.85. The van der Waals surface area contributed by atoms with Crippen molar-refractivity contribution in [3.05, 3.63) is 237 Å². The number of aromatic nitrogens is 5. The molecule has 0 atom stereocenters. The molecule has 338 valence electrons. The summed E-state index contributed by atoms with van der Waals surface area (Å²) in [4.78, 5) is 16.1. The lowest BCUT2D eigenvalue weighted by atomic mass is 10.0. The van der Waals surface area contributed by atoms with Crippen LogP contribution in [-0.2, 0) is 0 Å². The third-order valence-electron chi connectivity index (χ3n) is 15.1. The summed E-state index contributed by atoms with van der Waals surface area (Å²) in [6.45, 7) is 0. The van der Waals surface area contributed by atoms with E-state index in [1.165, 1.54) is 48.7 Å². The smallest absolute Gasteiger partial charge is 0.166 e. The average Bonchev–Trinajstić information content (AvgIpc) is 4.13. The lowest BCUT2D eigenvalue weighted by Crippen LogP contribution is -2.02. The molecule has 0 unspecified atom stereocenters. The minimum Gasteiger partial charge on any atom is -0.456 e. The molecule has 4 heterocycles. The zero-order valence-electron chi connectivity index (χ0n) is 39.2. The summed E-state index contributed by atoms with van der Waals surface area (Å²) in [6, 6.07) is 84.5. The Kier molecular flexibility index (Phi) is 8.36. The molecule has 16 aromatic rings. The van der Waals surface area contributed by atoms with Crippen LogP contribution in [0.15, 0.2) is 241 Å². The van der Waals surface area contributed by atoms with Gasteiger partial charge in [0.1, 0.15) is 11.2 Å². The number of fused-ring (bicyclic) bond motifs is 15. The molecule has 16 rings (SSSR count). The Morgan fingerprint density at radius 1 is 0.288 bits per heavy atom. The van der Waals surface area contributed by atoms with Gasteiger partial charge in [-0.15, -0.1) is 0 Å². The third-order valence-corrected chi connectivity index (χ3v) is 15.1. The van der Waals surface area contributed by atoms with Crippen molar-refractivity contribution in [3.8, 4) is 45.5 Å². The van der Waals surface area contributed by atoms with Crippen molar-refractivity contribution < 1.29 is 4.42 Å². The molecule has 0 N–H and O–H groups in total. The summed E-state index contributed by atoms with van der Waals surface area (Å²) in [5.41, 5.74) is 10.9. The molecule has 0 aliphatic rings. The molecular weight excluding hydrogens is 891 g/mol. The van der Waals surface area contributed by atoms with Gasteiger partial charge >= 0.3 is 0 Å². The number of hydrogen-bond acceptors (Lipinski definition) is 4. The standard InChI is InChI=1S/C67H39N5O/c1-2-19-46(20-3-1)72-57-27-11-10-23-50(57)51-24-13-26-54(64(51)72)67-69-65(68-66(70-67)52-25-12-18-40-14-6-8-21-48(40)52)45-29-33-53-61(38-45)73-60-35-31-42-28-32-47(39-55(42)63(53)60)71-58-34-30-41-15-7-9-22-49(41)62(58)56-36-43-16-4-5-17-44(43)37-59(56)71/h1-39H. The van der Waals surface area contributed by atoms with Crippen molar-refractivity contribution >= 4 is 109 Å². The van der Waals surface area contributed by atoms with Crippen LogP contribution in [0.3, 0.4) is 0 Å². The third kappa shape index (κ3) is 5.95. The largest absolute Gasteiger partial charge is 0.456 e. The van der Waals surface area contributed by atoms with E-state index in [2.05, 4.69) is 246 Å². The summed E-state index contributed by atoms with van der Waals surface area (Å²) < 4.78 is 11.6. The predicted octanol–water partition coefficient (Wildman–Crippen LogP) is 17.6. The molecule has 6 heteroatoms. The Morgan fingerprint density at radius 3 is 1.78 bits per heavy atom. The Balaban J connectivity index is 0.907. The summed E-state index contributed by atoms with van der Waals surface area (Å²) >= 11 is 0. The molecule has 0 radical (unpaired) electrons. The van der Waals surface area contributed by atoms with Gasteiger partial charge in [-0.1, -0.05) is 164 Å². The molecule has 4 aromatic heterocycles. The van der Waals surface area contributed by atoms with Crippen LogP contribution in [0.5, 0.6) is 0 Å². The Labute approximate surface area is 417 Å². The van der Waals surface area contributed by atoms with E-state index < -0.39 is 0 Å². The summed E-state index contributed by atoms with van der Waals surface area (Å²) in [5.74, 6) is 1.76. The van der Waals surface area contributed by atoms with Crippen molar-refractivity contribution in [2.75, 3.05) is 0 Å². The molecule has 6 nitrogen and oxygen atoms in total. The summed E-state index contributed by atoms with van der Waals surface area (Å²) in [5, 5.41) is 16.3. The van der Waals surface area contributed by atoms with E-state index in [0.717, 1.165) is 88.0 Å². The average molecular weight is 930 g/mol. The van der Waals surface area contributed by atoms with Crippen LogP contribution in [-0.4, -0.2) is 24.1 Å². The molecule has 0 saturated carbocycles. The molecule has 0 aliphatic carbocycles. The van der Waals surface area contributed by atoms with Gasteiger partial charge < -0.3 is 13.6 Å². The van der Waals surface area contributed by atoms with Crippen molar-refractivity contribution in [1.82, 2.24) is 24.1 Å². The number of hydrogen-bond donors (Lipinski definition) is 0. The number of para-hydroxylation sites is 3. The summed E-state index contributed by atoms with van der Waals surface area (Å²) in [6.07, 6.45) is 0. The highest BCUT2D eigenvalue weighted by atomic mass is 16.3. The van der Waals surface area contributed by atoms with Gasteiger partial charge in [0, 0.05) is 60.4 Å². The lowest BCUT2D eigenvalue weighted by Gasteiger charge is -2.13. The van der Waals surface area contributed by atoms with Gasteiger partial charge in [0.2, 0.25) is 0 Å². The minimum atomic E-state index is 0.563. The van der Waals surface area contributed by atoms with Crippen LogP contribution in [0.25, 0.3) is 154 Å². The fourth-order valence-corrected chi connectivity index (χ4v) is 11.8. The Morgan fingerprint density at radius 2 is 0.918 bits per heavy atom. The normalized spacial score (nSPS) is 12.1. The highest BCUT2D eigenvalue weighted by Crippen LogP contribution is 2.43. The zero-order chi connectivity index (χ0) is 47.7. The van der Waals surface area contributed by atoms with Crippen molar-refractivity contribution in [2.24, 2.45) is 0 Å². The van der Waals surface area contributed by atoms with Gasteiger partial charge in [-0.3, -0.25) is 0 Å². The van der Waals surface area contributed by atoms with Gasteiger partial charge in [0.15, 0.2) is 17.5 Å². The maximum atomic E-state index is 6.85. The Bertz CT molecular complexity index is 4980. The van der Waals surface area contributed by atoms with Gasteiger partial charge in [-0.2, -0.15) is 0 Å². The monoisotopic (exact) mass is 929 g/mol. The van der Waals surface area contributed by atoms with Crippen LogP contribution in [0.2, 0.25) is 0 Å². The first-order chi connectivity index (χ1) is 36.2. The highest BCUT2D eigenvalue weighted by Gasteiger charge is 2.23. The van der Waals surface area contributed by atoms with E-state index in [1.807, 2.05) is 0 Å². The summed E-state index contributed by atoms with van der Waals surface area (Å²) in [7, 11) is 0.